The third-order valence-electron chi connectivity index (χ3n) is 3.03. The molecule has 2 aromatic rings. The van der Waals surface area contributed by atoms with Crippen LogP contribution in [0.2, 0.25) is 0 Å². The third-order valence-corrected chi connectivity index (χ3v) is 3.03. The quantitative estimate of drug-likeness (QED) is 0.783. The van der Waals surface area contributed by atoms with Crippen LogP contribution in [0.1, 0.15) is 17.2 Å². The van der Waals surface area contributed by atoms with Crippen LogP contribution in [0.25, 0.3) is 0 Å². The maximum absolute atomic E-state index is 8.71. The molecule has 0 radical (unpaired) electrons. The van der Waals surface area contributed by atoms with Crippen molar-refractivity contribution in [3.63, 3.8) is 0 Å². The number of nitriles is 1. The van der Waals surface area contributed by atoms with E-state index >= 15 is 0 Å². The average molecular weight is 266 g/mol. The predicted molar refractivity (Wildman–Crippen MR) is 78.9 cm³/mol. The molecule has 0 spiro atoms. The van der Waals surface area contributed by atoms with Crippen molar-refractivity contribution in [2.75, 3.05) is 13.2 Å². The first-order chi connectivity index (χ1) is 9.90. The molecule has 1 atom stereocenters. The van der Waals surface area contributed by atoms with Gasteiger partial charge in [-0.2, -0.15) is 5.26 Å². The minimum absolute atomic E-state index is 0.0413. The first-order valence-electron chi connectivity index (χ1n) is 6.67. The lowest BCUT2D eigenvalue weighted by Crippen LogP contribution is -2.25. The highest BCUT2D eigenvalue weighted by Gasteiger charge is 2.10. The Kier molecular flexibility index (Phi) is 5.78. The van der Waals surface area contributed by atoms with Crippen molar-refractivity contribution < 1.29 is 4.74 Å². The van der Waals surface area contributed by atoms with Gasteiger partial charge < -0.3 is 4.74 Å². The average Bonchev–Trinajstić information content (AvgIpc) is 2.52. The fourth-order valence-electron chi connectivity index (χ4n) is 2.00. The molecule has 0 aliphatic rings. The number of nitrogens with zero attached hydrogens (tertiary/aromatic N) is 1. The molecule has 0 fully saturated rings. The zero-order chi connectivity index (χ0) is 14.0. The summed E-state index contributed by atoms with van der Waals surface area (Å²) in [7, 11) is 0. The van der Waals surface area contributed by atoms with Crippen molar-refractivity contribution in [3.05, 3.63) is 71.8 Å². The van der Waals surface area contributed by atoms with Crippen molar-refractivity contribution in [1.82, 2.24) is 5.32 Å². The molecule has 0 saturated heterocycles. The van der Waals surface area contributed by atoms with Crippen LogP contribution in [0.15, 0.2) is 60.7 Å². The van der Waals surface area contributed by atoms with Crippen LogP contribution in [0.4, 0.5) is 0 Å². The highest BCUT2D eigenvalue weighted by atomic mass is 16.5. The lowest BCUT2D eigenvalue weighted by atomic mass is 10.1. The topological polar surface area (TPSA) is 45.0 Å². The summed E-state index contributed by atoms with van der Waals surface area (Å²) in [5, 5.41) is 11.9. The molecule has 3 nitrogen and oxygen atoms in total. The van der Waals surface area contributed by atoms with E-state index in [0.29, 0.717) is 19.8 Å². The summed E-state index contributed by atoms with van der Waals surface area (Å²) in [5.74, 6) is 0. The fraction of sp³-hybridized carbons (Fsp3) is 0.235. The van der Waals surface area contributed by atoms with E-state index in [0.717, 1.165) is 11.1 Å². The minimum Gasteiger partial charge on any atom is -0.375 e. The molecule has 102 valence electrons. The summed E-state index contributed by atoms with van der Waals surface area (Å²) >= 11 is 0. The van der Waals surface area contributed by atoms with Crippen molar-refractivity contribution in [3.8, 4) is 6.07 Å². The van der Waals surface area contributed by atoms with Crippen molar-refractivity contribution in [2.45, 2.75) is 12.6 Å². The molecule has 0 unspecified atom stereocenters. The Hall–Kier alpha value is -2.15. The second kappa shape index (κ2) is 8.11. The van der Waals surface area contributed by atoms with Gasteiger partial charge in [0.15, 0.2) is 0 Å². The van der Waals surface area contributed by atoms with E-state index in [1.165, 1.54) is 0 Å². The van der Waals surface area contributed by atoms with Gasteiger partial charge in [0.25, 0.3) is 0 Å². The van der Waals surface area contributed by atoms with E-state index in [1.54, 1.807) is 0 Å². The Labute approximate surface area is 119 Å². The molecule has 0 bridgehead atoms. The van der Waals surface area contributed by atoms with Crippen molar-refractivity contribution in [2.24, 2.45) is 0 Å². The highest BCUT2D eigenvalue weighted by Crippen LogP contribution is 2.13. The van der Waals surface area contributed by atoms with Gasteiger partial charge in [-0.3, -0.25) is 5.32 Å². The molecule has 20 heavy (non-hydrogen) atoms. The van der Waals surface area contributed by atoms with Gasteiger partial charge >= 0.3 is 0 Å². The number of rotatable bonds is 7. The Morgan fingerprint density at radius 1 is 1.00 bits per heavy atom. The standard InChI is InChI=1S/C17H18N2O/c18-11-12-19-17(16-9-5-2-6-10-16)14-20-13-15-7-3-1-4-8-15/h1-10,17,19H,12-14H2/t17-/m1/s1. The van der Waals surface area contributed by atoms with Crippen LogP contribution in [-0.4, -0.2) is 13.2 Å². The number of ether oxygens (including phenoxy) is 1. The zero-order valence-corrected chi connectivity index (χ0v) is 11.3. The summed E-state index contributed by atoms with van der Waals surface area (Å²) in [6, 6.07) is 22.3. The van der Waals surface area contributed by atoms with Crippen molar-refractivity contribution >= 4 is 0 Å². The van der Waals surface area contributed by atoms with Gasteiger partial charge in [0.2, 0.25) is 0 Å². The number of benzene rings is 2. The Morgan fingerprint density at radius 2 is 1.65 bits per heavy atom. The Bertz CT molecular complexity index is 534. The van der Waals surface area contributed by atoms with Gasteiger partial charge in [0.05, 0.1) is 31.9 Å². The summed E-state index contributed by atoms with van der Waals surface area (Å²) in [6.45, 7) is 1.44. The summed E-state index contributed by atoms with van der Waals surface area (Å²) < 4.78 is 5.76. The molecule has 0 heterocycles. The maximum Gasteiger partial charge on any atom is 0.0846 e. The summed E-state index contributed by atoms with van der Waals surface area (Å²) in [4.78, 5) is 0. The van der Waals surface area contributed by atoms with E-state index in [1.807, 2.05) is 60.7 Å². The van der Waals surface area contributed by atoms with Crippen LogP contribution in [-0.2, 0) is 11.3 Å². The predicted octanol–water partition coefficient (Wildman–Crippen LogP) is 3.06. The first-order valence-corrected chi connectivity index (χ1v) is 6.67. The molecule has 2 rings (SSSR count). The molecule has 0 aliphatic carbocycles. The van der Waals surface area contributed by atoms with E-state index in [2.05, 4.69) is 11.4 Å². The van der Waals surface area contributed by atoms with Crippen molar-refractivity contribution in [1.29, 1.82) is 5.26 Å². The molecular formula is C17H18N2O. The number of nitrogens with one attached hydrogen (secondary N) is 1. The summed E-state index contributed by atoms with van der Waals surface area (Å²) in [5.41, 5.74) is 2.29. The van der Waals surface area contributed by atoms with Gasteiger partial charge in [-0.1, -0.05) is 60.7 Å². The van der Waals surface area contributed by atoms with Gasteiger partial charge in [-0.25, -0.2) is 0 Å². The largest absolute Gasteiger partial charge is 0.375 e. The molecule has 0 saturated carbocycles. The number of hydrogen-bond donors (Lipinski definition) is 1. The molecular weight excluding hydrogens is 248 g/mol. The van der Waals surface area contributed by atoms with Gasteiger partial charge in [-0.15, -0.1) is 0 Å². The Morgan fingerprint density at radius 3 is 2.30 bits per heavy atom. The van der Waals surface area contributed by atoms with Crippen LogP contribution in [0.5, 0.6) is 0 Å². The fourth-order valence-corrected chi connectivity index (χ4v) is 2.00. The molecule has 2 aromatic carbocycles. The van der Waals surface area contributed by atoms with Gasteiger partial charge in [0, 0.05) is 0 Å². The number of hydrogen-bond acceptors (Lipinski definition) is 3. The van der Waals surface area contributed by atoms with Gasteiger partial charge in [0.1, 0.15) is 0 Å². The monoisotopic (exact) mass is 266 g/mol. The normalized spacial score (nSPS) is 11.8. The van der Waals surface area contributed by atoms with E-state index < -0.39 is 0 Å². The van der Waals surface area contributed by atoms with Crippen LogP contribution in [0, 0.1) is 11.3 Å². The zero-order valence-electron chi connectivity index (χ0n) is 11.3. The first kappa shape index (κ1) is 14.3. The van der Waals surface area contributed by atoms with Crippen LogP contribution < -0.4 is 5.32 Å². The maximum atomic E-state index is 8.71. The minimum atomic E-state index is 0.0413. The molecule has 1 N–H and O–H groups in total. The van der Waals surface area contributed by atoms with Gasteiger partial charge in [-0.05, 0) is 11.1 Å². The lowest BCUT2D eigenvalue weighted by molar-refractivity contribution is 0.0996. The molecule has 0 aromatic heterocycles. The highest BCUT2D eigenvalue weighted by molar-refractivity contribution is 5.19. The summed E-state index contributed by atoms with van der Waals surface area (Å²) in [6.07, 6.45) is 0. The second-order valence-electron chi connectivity index (χ2n) is 4.50. The molecule has 0 aliphatic heterocycles. The van der Waals surface area contributed by atoms with E-state index in [4.69, 9.17) is 10.00 Å². The smallest absolute Gasteiger partial charge is 0.0846 e. The molecule has 0 amide bonds. The Balaban J connectivity index is 1.90. The third kappa shape index (κ3) is 4.51. The van der Waals surface area contributed by atoms with E-state index in [9.17, 15) is 0 Å². The lowest BCUT2D eigenvalue weighted by Gasteiger charge is -2.17. The second-order valence-corrected chi connectivity index (χ2v) is 4.50. The van der Waals surface area contributed by atoms with Crippen LogP contribution in [0.3, 0.4) is 0 Å². The van der Waals surface area contributed by atoms with Crippen LogP contribution >= 0.6 is 0 Å². The molecule has 3 heteroatoms. The SMILES string of the molecule is N#CCN[C@H](COCc1ccccc1)c1ccccc1. The van der Waals surface area contributed by atoms with E-state index in [-0.39, 0.29) is 6.04 Å².